The second-order valence-corrected chi connectivity index (χ2v) is 4.37. The zero-order valence-electron chi connectivity index (χ0n) is 9.17. The van der Waals surface area contributed by atoms with Crippen molar-refractivity contribution in [2.24, 2.45) is 0 Å². The Bertz CT molecular complexity index is 455. The van der Waals surface area contributed by atoms with Gasteiger partial charge in [0.2, 0.25) is 0 Å². The van der Waals surface area contributed by atoms with Gasteiger partial charge in [0.1, 0.15) is 13.1 Å². The lowest BCUT2D eigenvalue weighted by molar-refractivity contribution is -0.140. The van der Waals surface area contributed by atoms with Gasteiger partial charge in [-0.2, -0.15) is 0 Å². The molecule has 2 N–H and O–H groups in total. The number of rotatable bonds is 5. The van der Waals surface area contributed by atoms with Gasteiger partial charge >= 0.3 is 11.9 Å². The molecule has 1 rings (SSSR count). The van der Waals surface area contributed by atoms with E-state index in [1.165, 1.54) is 12.1 Å². The Balaban J connectivity index is 2.90. The van der Waals surface area contributed by atoms with Crippen LogP contribution in [-0.4, -0.2) is 46.0 Å². The predicted octanol–water partition coefficient (Wildman–Crippen LogP) is 1.06. The van der Waals surface area contributed by atoms with Crippen LogP contribution < -0.4 is 0 Å². The quantitative estimate of drug-likeness (QED) is 0.847. The molecular formula is C11H10BrNO5. The monoisotopic (exact) mass is 315 g/mol. The van der Waals surface area contributed by atoms with Crippen LogP contribution in [0.2, 0.25) is 0 Å². The maximum absolute atomic E-state index is 11.9. The molecule has 96 valence electrons. The number of carboxylic acid groups (broad SMARTS) is 2. The summed E-state index contributed by atoms with van der Waals surface area (Å²) in [6.45, 7) is -1.30. The molecular weight excluding hydrogens is 306 g/mol. The first kappa shape index (κ1) is 14.2. The van der Waals surface area contributed by atoms with E-state index >= 15 is 0 Å². The molecule has 7 heteroatoms. The van der Waals surface area contributed by atoms with E-state index in [1.807, 2.05) is 0 Å². The van der Waals surface area contributed by atoms with Crippen LogP contribution in [0.4, 0.5) is 0 Å². The summed E-state index contributed by atoms with van der Waals surface area (Å²) in [5.74, 6) is -3.16. The van der Waals surface area contributed by atoms with Crippen LogP contribution in [-0.2, 0) is 9.59 Å². The van der Waals surface area contributed by atoms with Crippen LogP contribution in [0.3, 0.4) is 0 Å². The molecule has 1 aromatic rings. The van der Waals surface area contributed by atoms with Crippen molar-refractivity contribution in [2.45, 2.75) is 0 Å². The highest BCUT2D eigenvalue weighted by atomic mass is 79.9. The molecule has 0 aliphatic heterocycles. The number of halogens is 1. The first-order valence-corrected chi connectivity index (χ1v) is 5.68. The van der Waals surface area contributed by atoms with E-state index in [0.29, 0.717) is 0 Å². The minimum absolute atomic E-state index is 0.237. The summed E-state index contributed by atoms with van der Waals surface area (Å²) in [6, 6.07) is 6.21. The lowest BCUT2D eigenvalue weighted by atomic mass is 10.2. The van der Waals surface area contributed by atoms with Crippen molar-refractivity contribution in [3.8, 4) is 0 Å². The maximum atomic E-state index is 11.9. The first-order valence-electron chi connectivity index (χ1n) is 4.88. The normalized spacial score (nSPS) is 9.83. The van der Waals surface area contributed by atoms with E-state index in [1.54, 1.807) is 12.1 Å². The first-order chi connectivity index (χ1) is 8.40. The second kappa shape index (κ2) is 6.15. The SMILES string of the molecule is O=C(O)CN(CC(=O)O)C(=O)c1ccc(Br)cc1. The average Bonchev–Trinajstić information content (AvgIpc) is 2.27. The van der Waals surface area contributed by atoms with Gasteiger partial charge < -0.3 is 15.1 Å². The van der Waals surface area contributed by atoms with Gasteiger partial charge in [-0.05, 0) is 24.3 Å². The topological polar surface area (TPSA) is 94.9 Å². The van der Waals surface area contributed by atoms with Crippen LogP contribution in [0, 0.1) is 0 Å². The Morgan fingerprint density at radius 2 is 1.44 bits per heavy atom. The third kappa shape index (κ3) is 4.17. The van der Waals surface area contributed by atoms with Crippen LogP contribution in [0.15, 0.2) is 28.7 Å². The molecule has 1 amide bonds. The van der Waals surface area contributed by atoms with Gasteiger partial charge in [-0.25, -0.2) is 0 Å². The fourth-order valence-electron chi connectivity index (χ4n) is 1.30. The molecule has 1 aromatic carbocycles. The van der Waals surface area contributed by atoms with Gasteiger partial charge in [0.05, 0.1) is 0 Å². The minimum Gasteiger partial charge on any atom is -0.480 e. The Labute approximate surface area is 111 Å². The molecule has 0 saturated heterocycles. The van der Waals surface area contributed by atoms with Crippen molar-refractivity contribution < 1.29 is 24.6 Å². The summed E-state index contributed by atoms with van der Waals surface area (Å²) in [5, 5.41) is 17.3. The number of benzene rings is 1. The highest BCUT2D eigenvalue weighted by Crippen LogP contribution is 2.12. The van der Waals surface area contributed by atoms with Crippen LogP contribution >= 0.6 is 15.9 Å². The number of carbonyl (C=O) groups excluding carboxylic acids is 1. The van der Waals surface area contributed by atoms with Crippen LogP contribution in [0.25, 0.3) is 0 Å². The average molecular weight is 316 g/mol. The molecule has 0 unspecified atom stereocenters. The number of hydrogen-bond donors (Lipinski definition) is 2. The van der Waals surface area contributed by atoms with E-state index in [-0.39, 0.29) is 5.56 Å². The van der Waals surface area contributed by atoms with E-state index < -0.39 is 30.9 Å². The van der Waals surface area contributed by atoms with Crippen molar-refractivity contribution in [1.82, 2.24) is 4.90 Å². The number of hydrogen-bond acceptors (Lipinski definition) is 3. The number of carbonyl (C=O) groups is 3. The summed E-state index contributed by atoms with van der Waals surface area (Å²) in [6.07, 6.45) is 0. The molecule has 6 nitrogen and oxygen atoms in total. The smallest absolute Gasteiger partial charge is 0.323 e. The van der Waals surface area contributed by atoms with Crippen molar-refractivity contribution in [3.05, 3.63) is 34.3 Å². The summed E-state index contributed by atoms with van der Waals surface area (Å²) >= 11 is 3.20. The van der Waals surface area contributed by atoms with Crippen LogP contribution in [0.1, 0.15) is 10.4 Å². The highest BCUT2D eigenvalue weighted by molar-refractivity contribution is 9.10. The van der Waals surface area contributed by atoms with Gasteiger partial charge in [-0.3, -0.25) is 14.4 Å². The second-order valence-electron chi connectivity index (χ2n) is 3.46. The third-order valence-electron chi connectivity index (χ3n) is 2.03. The summed E-state index contributed by atoms with van der Waals surface area (Å²) in [7, 11) is 0. The lowest BCUT2D eigenvalue weighted by Gasteiger charge is -2.18. The van der Waals surface area contributed by atoms with Crippen molar-refractivity contribution in [3.63, 3.8) is 0 Å². The zero-order chi connectivity index (χ0) is 13.7. The molecule has 0 aliphatic rings. The number of aliphatic carboxylic acids is 2. The molecule has 0 spiro atoms. The Hall–Kier alpha value is -1.89. The van der Waals surface area contributed by atoms with Gasteiger partial charge in [0.25, 0.3) is 5.91 Å². The Morgan fingerprint density at radius 3 is 1.83 bits per heavy atom. The number of amides is 1. The standard InChI is InChI=1S/C11H10BrNO5/c12-8-3-1-7(2-4-8)11(18)13(5-9(14)15)6-10(16)17/h1-4H,5-6H2,(H,14,15)(H,16,17). The molecule has 0 aromatic heterocycles. The van der Waals surface area contributed by atoms with E-state index in [0.717, 1.165) is 9.37 Å². The van der Waals surface area contributed by atoms with Crippen molar-refractivity contribution in [1.29, 1.82) is 0 Å². The lowest BCUT2D eigenvalue weighted by Crippen LogP contribution is -2.39. The van der Waals surface area contributed by atoms with E-state index in [4.69, 9.17) is 10.2 Å². The predicted molar refractivity (Wildman–Crippen MR) is 65.3 cm³/mol. The number of nitrogens with zero attached hydrogens (tertiary/aromatic N) is 1. The molecule has 0 saturated carbocycles. The van der Waals surface area contributed by atoms with E-state index in [2.05, 4.69) is 15.9 Å². The van der Waals surface area contributed by atoms with Gasteiger partial charge in [0.15, 0.2) is 0 Å². The summed E-state index contributed by atoms with van der Waals surface area (Å²) in [5.41, 5.74) is 0.237. The summed E-state index contributed by atoms with van der Waals surface area (Å²) < 4.78 is 0.766. The minimum atomic E-state index is -1.26. The van der Waals surface area contributed by atoms with Gasteiger partial charge in [0, 0.05) is 10.0 Å². The zero-order valence-corrected chi connectivity index (χ0v) is 10.8. The summed E-state index contributed by atoms with van der Waals surface area (Å²) in [4.78, 5) is 33.8. The van der Waals surface area contributed by atoms with Gasteiger partial charge in [-0.1, -0.05) is 15.9 Å². The fraction of sp³-hybridized carbons (Fsp3) is 0.182. The maximum Gasteiger partial charge on any atom is 0.323 e. The Morgan fingerprint density at radius 1 is 1.00 bits per heavy atom. The molecule has 0 radical (unpaired) electrons. The molecule has 0 bridgehead atoms. The molecule has 0 heterocycles. The van der Waals surface area contributed by atoms with Crippen molar-refractivity contribution in [2.75, 3.05) is 13.1 Å². The molecule has 18 heavy (non-hydrogen) atoms. The molecule has 0 atom stereocenters. The van der Waals surface area contributed by atoms with E-state index in [9.17, 15) is 14.4 Å². The molecule has 0 aliphatic carbocycles. The molecule has 0 fully saturated rings. The van der Waals surface area contributed by atoms with Crippen molar-refractivity contribution >= 4 is 33.8 Å². The largest absolute Gasteiger partial charge is 0.480 e. The Kier molecular flexibility index (Phi) is 4.85. The fourth-order valence-corrected chi connectivity index (χ4v) is 1.57. The highest BCUT2D eigenvalue weighted by Gasteiger charge is 2.20. The van der Waals surface area contributed by atoms with Gasteiger partial charge in [-0.15, -0.1) is 0 Å². The third-order valence-corrected chi connectivity index (χ3v) is 2.56. The van der Waals surface area contributed by atoms with Crippen LogP contribution in [0.5, 0.6) is 0 Å². The number of carboxylic acids is 2.